The lowest BCUT2D eigenvalue weighted by atomic mass is 9.77. The van der Waals surface area contributed by atoms with Gasteiger partial charge in [-0.05, 0) is 31.7 Å². The van der Waals surface area contributed by atoms with Crippen molar-refractivity contribution < 1.29 is 9.32 Å². The second-order valence-electron chi connectivity index (χ2n) is 6.20. The van der Waals surface area contributed by atoms with E-state index in [4.69, 9.17) is 16.0 Å². The summed E-state index contributed by atoms with van der Waals surface area (Å²) in [5, 5.41) is 6.73. The SMILES string of the molecule is Cc1cccc(C(Cc2nc(C3(N)CCC3)no2)NC(N)=O)c1. The van der Waals surface area contributed by atoms with Crippen LogP contribution in [0.5, 0.6) is 0 Å². The molecule has 0 aliphatic heterocycles. The number of nitrogens with two attached hydrogens (primary N) is 2. The normalized spacial score (nSPS) is 17.3. The maximum atomic E-state index is 11.3. The summed E-state index contributed by atoms with van der Waals surface area (Å²) in [6.07, 6.45) is 3.19. The number of hydrogen-bond acceptors (Lipinski definition) is 5. The molecule has 1 unspecified atom stereocenters. The minimum Gasteiger partial charge on any atom is -0.352 e. The van der Waals surface area contributed by atoms with Gasteiger partial charge in [0.2, 0.25) is 5.89 Å². The van der Waals surface area contributed by atoms with Crippen molar-refractivity contribution in [1.29, 1.82) is 0 Å². The highest BCUT2D eigenvalue weighted by Crippen LogP contribution is 2.37. The summed E-state index contributed by atoms with van der Waals surface area (Å²) in [7, 11) is 0. The van der Waals surface area contributed by atoms with Gasteiger partial charge in [-0.1, -0.05) is 35.0 Å². The summed E-state index contributed by atoms with van der Waals surface area (Å²) in [4.78, 5) is 15.7. The number of rotatable bonds is 5. The van der Waals surface area contributed by atoms with Gasteiger partial charge in [0.05, 0.1) is 18.0 Å². The minimum atomic E-state index is -0.592. The Balaban J connectivity index is 1.80. The molecule has 0 saturated heterocycles. The van der Waals surface area contributed by atoms with Gasteiger partial charge in [0, 0.05) is 0 Å². The van der Waals surface area contributed by atoms with E-state index in [9.17, 15) is 4.79 Å². The van der Waals surface area contributed by atoms with Crippen LogP contribution in [0.4, 0.5) is 4.79 Å². The van der Waals surface area contributed by atoms with Gasteiger partial charge in [-0.25, -0.2) is 4.79 Å². The van der Waals surface area contributed by atoms with Gasteiger partial charge in [0.15, 0.2) is 5.82 Å². The average molecular weight is 315 g/mol. The molecule has 3 rings (SSSR count). The topological polar surface area (TPSA) is 120 Å². The molecule has 1 aromatic heterocycles. The number of carbonyl (C=O) groups excluding carboxylic acids is 1. The lowest BCUT2D eigenvalue weighted by molar-refractivity contribution is 0.228. The van der Waals surface area contributed by atoms with Crippen molar-refractivity contribution >= 4 is 6.03 Å². The van der Waals surface area contributed by atoms with Crippen molar-refractivity contribution in [1.82, 2.24) is 15.5 Å². The lowest BCUT2D eigenvalue weighted by Gasteiger charge is -2.34. The third-order valence-corrected chi connectivity index (χ3v) is 4.30. The predicted octanol–water partition coefficient (Wildman–Crippen LogP) is 1.67. The predicted molar refractivity (Wildman–Crippen MR) is 84.4 cm³/mol. The largest absolute Gasteiger partial charge is 0.352 e. The Hall–Kier alpha value is -2.41. The molecule has 5 N–H and O–H groups in total. The van der Waals surface area contributed by atoms with Crippen LogP contribution < -0.4 is 16.8 Å². The molecule has 1 atom stereocenters. The van der Waals surface area contributed by atoms with Gasteiger partial charge in [0.25, 0.3) is 0 Å². The molecule has 1 saturated carbocycles. The van der Waals surface area contributed by atoms with Gasteiger partial charge >= 0.3 is 6.03 Å². The first kappa shape index (κ1) is 15.5. The van der Waals surface area contributed by atoms with E-state index in [-0.39, 0.29) is 6.04 Å². The average Bonchev–Trinajstić information content (AvgIpc) is 2.92. The van der Waals surface area contributed by atoms with Crippen molar-refractivity contribution in [3.8, 4) is 0 Å². The molecule has 7 nitrogen and oxygen atoms in total. The number of amides is 2. The Bertz CT molecular complexity index is 708. The molecule has 2 amide bonds. The molecule has 7 heteroatoms. The maximum absolute atomic E-state index is 11.3. The number of primary amides is 1. The Morgan fingerprint density at radius 2 is 2.26 bits per heavy atom. The monoisotopic (exact) mass is 315 g/mol. The van der Waals surface area contributed by atoms with E-state index in [1.165, 1.54) is 0 Å². The van der Waals surface area contributed by atoms with Crippen LogP contribution in [-0.2, 0) is 12.0 Å². The van der Waals surface area contributed by atoms with Gasteiger partial charge < -0.3 is 21.3 Å². The number of aryl methyl sites for hydroxylation is 1. The molecular formula is C16H21N5O2. The van der Waals surface area contributed by atoms with E-state index in [1.807, 2.05) is 31.2 Å². The molecular weight excluding hydrogens is 294 g/mol. The van der Waals surface area contributed by atoms with Crippen LogP contribution in [0.1, 0.15) is 48.1 Å². The van der Waals surface area contributed by atoms with Crippen LogP contribution >= 0.6 is 0 Å². The van der Waals surface area contributed by atoms with Crippen LogP contribution in [0, 0.1) is 6.92 Å². The first-order valence-corrected chi connectivity index (χ1v) is 7.71. The molecule has 2 aromatic rings. The van der Waals surface area contributed by atoms with E-state index in [1.54, 1.807) is 0 Å². The molecule has 0 bridgehead atoms. The van der Waals surface area contributed by atoms with Crippen molar-refractivity contribution in [2.24, 2.45) is 11.5 Å². The van der Waals surface area contributed by atoms with E-state index >= 15 is 0 Å². The molecule has 0 radical (unpaired) electrons. The zero-order valence-electron chi connectivity index (χ0n) is 13.1. The molecule has 1 aliphatic carbocycles. The van der Waals surface area contributed by atoms with Crippen LogP contribution in [0.15, 0.2) is 28.8 Å². The van der Waals surface area contributed by atoms with E-state index in [2.05, 4.69) is 15.5 Å². The van der Waals surface area contributed by atoms with Crippen molar-refractivity contribution in [2.45, 2.75) is 44.2 Å². The van der Waals surface area contributed by atoms with E-state index in [0.29, 0.717) is 18.1 Å². The number of carbonyl (C=O) groups is 1. The van der Waals surface area contributed by atoms with E-state index in [0.717, 1.165) is 30.4 Å². The third-order valence-electron chi connectivity index (χ3n) is 4.30. The van der Waals surface area contributed by atoms with Crippen LogP contribution in [0.3, 0.4) is 0 Å². The summed E-state index contributed by atoms with van der Waals surface area (Å²) in [5.41, 5.74) is 13.1. The van der Waals surface area contributed by atoms with Crippen LogP contribution in [0.2, 0.25) is 0 Å². The maximum Gasteiger partial charge on any atom is 0.312 e. The van der Waals surface area contributed by atoms with Gasteiger partial charge in [-0.2, -0.15) is 4.98 Å². The smallest absolute Gasteiger partial charge is 0.312 e. The van der Waals surface area contributed by atoms with Gasteiger partial charge in [-0.15, -0.1) is 0 Å². The van der Waals surface area contributed by atoms with E-state index < -0.39 is 11.6 Å². The number of hydrogen-bond donors (Lipinski definition) is 3. The number of urea groups is 1. The minimum absolute atomic E-state index is 0.323. The summed E-state index contributed by atoms with van der Waals surface area (Å²) >= 11 is 0. The molecule has 1 fully saturated rings. The third kappa shape index (κ3) is 3.34. The summed E-state index contributed by atoms with van der Waals surface area (Å²) < 4.78 is 5.32. The molecule has 0 spiro atoms. The first-order chi connectivity index (χ1) is 11.0. The molecule has 23 heavy (non-hydrogen) atoms. The number of nitrogens with one attached hydrogen (secondary N) is 1. The highest BCUT2D eigenvalue weighted by atomic mass is 16.5. The fraction of sp³-hybridized carbons (Fsp3) is 0.438. The second-order valence-corrected chi connectivity index (χ2v) is 6.20. The summed E-state index contributed by atoms with van der Waals surface area (Å²) in [6.45, 7) is 1.99. The lowest BCUT2D eigenvalue weighted by Crippen LogP contribution is -2.44. The van der Waals surface area contributed by atoms with Crippen molar-refractivity contribution in [2.75, 3.05) is 0 Å². The quantitative estimate of drug-likeness (QED) is 0.775. The molecule has 1 heterocycles. The molecule has 122 valence electrons. The molecule has 1 aliphatic rings. The fourth-order valence-corrected chi connectivity index (χ4v) is 2.81. The van der Waals surface area contributed by atoms with Gasteiger partial charge in [0.1, 0.15) is 0 Å². The standard InChI is InChI=1S/C16H21N5O2/c1-10-4-2-5-11(8-10)12(19-15(17)22)9-13-20-14(21-23-13)16(18)6-3-7-16/h2,4-5,8,12H,3,6-7,9,18H2,1H3,(H3,17,19,22). The Kier molecular flexibility index (Phi) is 4.04. The first-order valence-electron chi connectivity index (χ1n) is 7.71. The zero-order valence-corrected chi connectivity index (χ0v) is 13.1. The van der Waals surface area contributed by atoms with Gasteiger partial charge in [-0.3, -0.25) is 0 Å². The van der Waals surface area contributed by atoms with Crippen LogP contribution in [0.25, 0.3) is 0 Å². The highest BCUT2D eigenvalue weighted by molar-refractivity contribution is 5.72. The Morgan fingerprint density at radius 1 is 1.48 bits per heavy atom. The molecule has 1 aromatic carbocycles. The zero-order chi connectivity index (χ0) is 16.4. The number of aromatic nitrogens is 2. The fourth-order valence-electron chi connectivity index (χ4n) is 2.81. The number of nitrogens with zero attached hydrogens (tertiary/aromatic N) is 2. The van der Waals surface area contributed by atoms with Crippen molar-refractivity contribution in [3.05, 3.63) is 47.1 Å². The van der Waals surface area contributed by atoms with Crippen LogP contribution in [-0.4, -0.2) is 16.2 Å². The second kappa shape index (κ2) is 6.00. The Morgan fingerprint density at radius 3 is 2.87 bits per heavy atom. The summed E-state index contributed by atoms with van der Waals surface area (Å²) in [5.74, 6) is 0.984. The van der Waals surface area contributed by atoms with Crippen molar-refractivity contribution in [3.63, 3.8) is 0 Å². The highest BCUT2D eigenvalue weighted by Gasteiger charge is 2.39. The Labute approximate surface area is 134 Å². The number of benzene rings is 1. The summed E-state index contributed by atoms with van der Waals surface area (Å²) in [6, 6.07) is 6.93.